The highest BCUT2D eigenvalue weighted by molar-refractivity contribution is 7.91. The highest BCUT2D eigenvalue weighted by atomic mass is 32.2. The number of sulfonamides is 1. The van der Waals surface area contributed by atoms with Crippen molar-refractivity contribution in [2.45, 2.75) is 18.5 Å². The smallest absolute Gasteiger partial charge is 0.257 e. The van der Waals surface area contributed by atoms with Crippen LogP contribution in [0.25, 0.3) is 0 Å². The van der Waals surface area contributed by atoms with Gasteiger partial charge in [0.2, 0.25) is 16.0 Å². The van der Waals surface area contributed by atoms with Crippen LogP contribution in [0.1, 0.15) is 29.6 Å². The summed E-state index contributed by atoms with van der Waals surface area (Å²) >= 11 is 0. The zero-order valence-corrected chi connectivity index (χ0v) is 17.7. The average molecular weight is 430 g/mol. The average Bonchev–Trinajstić information content (AvgIpc) is 3.13. The first kappa shape index (κ1) is 20.0. The molecule has 0 unspecified atom stereocenters. The van der Waals surface area contributed by atoms with E-state index in [1.165, 1.54) is 0 Å². The van der Waals surface area contributed by atoms with E-state index < -0.39 is 10.0 Å². The van der Waals surface area contributed by atoms with Crippen molar-refractivity contribution in [1.82, 2.24) is 14.8 Å². The summed E-state index contributed by atoms with van der Waals surface area (Å²) in [6.45, 7) is 0. The van der Waals surface area contributed by atoms with Gasteiger partial charge in [0, 0.05) is 0 Å². The molecule has 0 aliphatic carbocycles. The number of methoxy groups -OCH3 is 2. The third-order valence-electron chi connectivity index (χ3n) is 4.98. The molecule has 1 aliphatic rings. The van der Waals surface area contributed by atoms with E-state index in [9.17, 15) is 8.42 Å². The molecule has 30 heavy (non-hydrogen) atoms. The number of anilines is 2. The van der Waals surface area contributed by atoms with Gasteiger partial charge < -0.3 is 14.8 Å². The minimum Gasteiger partial charge on any atom is -0.497 e. The number of nitrogens with zero attached hydrogens (tertiary/aromatic N) is 3. The van der Waals surface area contributed by atoms with Gasteiger partial charge in [0.25, 0.3) is 5.95 Å². The molecule has 2 atom stereocenters. The second-order valence-corrected chi connectivity index (χ2v) is 8.82. The maximum Gasteiger partial charge on any atom is 0.257 e. The number of fused-ring (bicyclic) bond motifs is 1. The molecule has 9 nitrogen and oxygen atoms in total. The Balaban J connectivity index is 1.72. The van der Waals surface area contributed by atoms with Crippen LogP contribution >= 0.6 is 0 Å². The molecule has 0 saturated heterocycles. The highest BCUT2D eigenvalue weighted by Crippen LogP contribution is 2.39. The van der Waals surface area contributed by atoms with Crippen molar-refractivity contribution in [3.8, 4) is 11.5 Å². The maximum absolute atomic E-state index is 11.6. The molecule has 0 fully saturated rings. The fourth-order valence-corrected chi connectivity index (χ4v) is 3.96. The summed E-state index contributed by atoms with van der Waals surface area (Å²) in [4.78, 5) is 4.36. The van der Waals surface area contributed by atoms with Crippen molar-refractivity contribution in [2.75, 3.05) is 30.5 Å². The molecular weight excluding hydrogens is 406 g/mol. The summed E-state index contributed by atoms with van der Waals surface area (Å²) in [5.41, 5.74) is 2.09. The van der Waals surface area contributed by atoms with Gasteiger partial charge in [0.15, 0.2) is 0 Å². The van der Waals surface area contributed by atoms with E-state index in [2.05, 4.69) is 20.1 Å². The van der Waals surface area contributed by atoms with Crippen LogP contribution in [0.3, 0.4) is 0 Å². The number of hydrogen-bond donors (Lipinski definition) is 2. The molecule has 1 aromatic heterocycles. The van der Waals surface area contributed by atoms with E-state index >= 15 is 0 Å². The van der Waals surface area contributed by atoms with Crippen molar-refractivity contribution in [1.29, 1.82) is 0 Å². The largest absolute Gasteiger partial charge is 0.497 e. The summed E-state index contributed by atoms with van der Waals surface area (Å²) in [6, 6.07) is 15.4. The van der Waals surface area contributed by atoms with Gasteiger partial charge >= 0.3 is 0 Å². The molecular formula is C20H23N5O4S. The molecule has 0 saturated carbocycles. The van der Waals surface area contributed by atoms with Gasteiger partial charge in [-0.3, -0.25) is 4.72 Å². The minimum atomic E-state index is -3.49. The van der Waals surface area contributed by atoms with E-state index in [-0.39, 0.29) is 18.0 Å². The zero-order chi connectivity index (χ0) is 21.3. The maximum atomic E-state index is 11.6. The van der Waals surface area contributed by atoms with E-state index in [0.717, 1.165) is 28.9 Å². The fraction of sp³-hybridized carbons (Fsp3) is 0.300. The lowest BCUT2D eigenvalue weighted by molar-refractivity contribution is 0.410. The molecule has 10 heteroatoms. The summed E-state index contributed by atoms with van der Waals surface area (Å²) in [5.74, 6) is 2.07. The van der Waals surface area contributed by atoms with Gasteiger partial charge in [0.1, 0.15) is 11.5 Å². The summed E-state index contributed by atoms with van der Waals surface area (Å²) in [6.07, 6.45) is 1.77. The van der Waals surface area contributed by atoms with Crippen molar-refractivity contribution in [3.05, 3.63) is 59.7 Å². The Bertz CT molecular complexity index is 1130. The monoisotopic (exact) mass is 429 g/mol. The fourth-order valence-electron chi connectivity index (χ4n) is 3.54. The zero-order valence-electron chi connectivity index (χ0n) is 16.9. The molecule has 158 valence electrons. The molecule has 2 N–H and O–H groups in total. The van der Waals surface area contributed by atoms with Crippen LogP contribution in [-0.4, -0.2) is 43.7 Å². The second-order valence-electron chi connectivity index (χ2n) is 7.07. The topological polar surface area (TPSA) is 107 Å². The second kappa shape index (κ2) is 7.86. The van der Waals surface area contributed by atoms with Crippen LogP contribution in [0.4, 0.5) is 11.9 Å². The Kier molecular flexibility index (Phi) is 5.25. The lowest BCUT2D eigenvalue weighted by Gasteiger charge is -2.31. The van der Waals surface area contributed by atoms with Crippen molar-refractivity contribution in [3.63, 3.8) is 0 Å². The summed E-state index contributed by atoms with van der Waals surface area (Å²) in [7, 11) is -0.233. The number of ether oxygens (including phenoxy) is 2. The van der Waals surface area contributed by atoms with Crippen molar-refractivity contribution < 1.29 is 17.9 Å². The number of nitrogens with one attached hydrogen (secondary N) is 2. The van der Waals surface area contributed by atoms with Crippen LogP contribution < -0.4 is 19.5 Å². The van der Waals surface area contributed by atoms with Crippen LogP contribution in [-0.2, 0) is 10.0 Å². The Hall–Kier alpha value is -3.27. The molecule has 2 aromatic carbocycles. The lowest BCUT2D eigenvalue weighted by Crippen LogP contribution is -2.28. The predicted octanol–water partition coefficient (Wildman–Crippen LogP) is 2.81. The molecule has 2 heterocycles. The number of aromatic nitrogens is 3. The summed E-state index contributed by atoms with van der Waals surface area (Å²) < 4.78 is 37.9. The lowest BCUT2D eigenvalue weighted by atomic mass is 9.93. The van der Waals surface area contributed by atoms with Gasteiger partial charge in [0.05, 0.1) is 32.6 Å². The first-order valence-corrected chi connectivity index (χ1v) is 11.2. The van der Waals surface area contributed by atoms with Gasteiger partial charge in [-0.05, 0) is 41.8 Å². The van der Waals surface area contributed by atoms with Gasteiger partial charge in [-0.15, -0.1) is 5.10 Å². The van der Waals surface area contributed by atoms with E-state index in [0.29, 0.717) is 12.4 Å². The molecule has 0 spiro atoms. The van der Waals surface area contributed by atoms with E-state index in [1.54, 1.807) is 18.9 Å². The summed E-state index contributed by atoms with van der Waals surface area (Å²) in [5, 5.41) is 7.76. The van der Waals surface area contributed by atoms with Crippen LogP contribution in [0, 0.1) is 0 Å². The third-order valence-corrected chi connectivity index (χ3v) is 5.54. The minimum absolute atomic E-state index is 0.0360. The molecule has 0 amide bonds. The SMILES string of the molecule is COc1ccc([C@@H]2C[C@@H](c3ccc(OC)cc3)n3nc(NS(C)(=O)=O)nc3N2)cc1. The van der Waals surface area contributed by atoms with Crippen LogP contribution in [0.2, 0.25) is 0 Å². The Morgan fingerprint density at radius 3 is 2.10 bits per heavy atom. The van der Waals surface area contributed by atoms with Crippen molar-refractivity contribution >= 4 is 21.9 Å². The van der Waals surface area contributed by atoms with Crippen LogP contribution in [0.15, 0.2) is 48.5 Å². The number of benzene rings is 2. The normalized spacial score (nSPS) is 18.2. The first-order valence-electron chi connectivity index (χ1n) is 9.35. The molecule has 0 bridgehead atoms. The Morgan fingerprint density at radius 2 is 1.57 bits per heavy atom. The third kappa shape index (κ3) is 4.18. The predicted molar refractivity (Wildman–Crippen MR) is 114 cm³/mol. The van der Waals surface area contributed by atoms with Gasteiger partial charge in [-0.1, -0.05) is 24.3 Å². The quantitative estimate of drug-likeness (QED) is 0.620. The molecule has 0 radical (unpaired) electrons. The molecule has 3 aromatic rings. The van der Waals surface area contributed by atoms with Gasteiger partial charge in [-0.2, -0.15) is 4.98 Å². The van der Waals surface area contributed by atoms with E-state index in [4.69, 9.17) is 9.47 Å². The number of hydrogen-bond acceptors (Lipinski definition) is 7. The number of rotatable bonds is 6. The van der Waals surface area contributed by atoms with Gasteiger partial charge in [-0.25, -0.2) is 13.1 Å². The van der Waals surface area contributed by atoms with Crippen molar-refractivity contribution in [2.24, 2.45) is 0 Å². The molecule has 1 aliphatic heterocycles. The van der Waals surface area contributed by atoms with E-state index in [1.807, 2.05) is 48.5 Å². The first-order chi connectivity index (χ1) is 14.4. The standard InChI is InChI=1S/C20H23N5O4S/c1-28-15-8-4-13(5-9-15)17-12-18(14-6-10-16(29-2)11-7-14)25-20(21-17)22-19(23-25)24-30(3,26)27/h4-11,17-18H,12H2,1-3H3,(H2,21,22,23,24)/t17-,18-/m0/s1. The Morgan fingerprint density at radius 1 is 1.00 bits per heavy atom. The molecule has 4 rings (SSSR count). The highest BCUT2D eigenvalue weighted by Gasteiger charge is 2.31. The van der Waals surface area contributed by atoms with Crippen LogP contribution in [0.5, 0.6) is 11.5 Å². The Labute approximate surface area is 175 Å².